The predicted molar refractivity (Wildman–Crippen MR) is 71.3 cm³/mol. The Morgan fingerprint density at radius 3 is 2.22 bits per heavy atom. The lowest BCUT2D eigenvalue weighted by atomic mass is 10.1. The van der Waals surface area contributed by atoms with E-state index in [1.165, 1.54) is 0 Å². The Bertz CT molecular complexity index is 299. The van der Waals surface area contributed by atoms with E-state index in [4.69, 9.17) is 9.47 Å². The van der Waals surface area contributed by atoms with Crippen LogP contribution in [0.4, 0.5) is 0 Å². The maximum atomic E-state index is 9.95. The summed E-state index contributed by atoms with van der Waals surface area (Å²) in [4.78, 5) is 0. The van der Waals surface area contributed by atoms with Gasteiger partial charge in [-0.3, -0.25) is 0 Å². The lowest BCUT2D eigenvalue weighted by Crippen LogP contribution is -2.34. The zero-order valence-corrected chi connectivity index (χ0v) is 11.1. The summed E-state index contributed by atoms with van der Waals surface area (Å²) in [5, 5.41) is 13.1. The SMILES string of the molecule is CCOC(CNCC(O)c1ccccc1)OCC. The van der Waals surface area contributed by atoms with Crippen LogP contribution in [0.5, 0.6) is 0 Å². The van der Waals surface area contributed by atoms with Gasteiger partial charge in [0.05, 0.1) is 6.10 Å². The van der Waals surface area contributed by atoms with Crippen molar-refractivity contribution in [1.82, 2.24) is 5.32 Å². The molecule has 0 heterocycles. The second kappa shape index (κ2) is 9.05. The van der Waals surface area contributed by atoms with Crippen molar-refractivity contribution in [3.8, 4) is 0 Å². The standard InChI is InChI=1S/C14H23NO3/c1-3-17-14(18-4-2)11-15-10-13(16)12-8-6-5-7-9-12/h5-9,13-16H,3-4,10-11H2,1-2H3. The third-order valence-corrected chi connectivity index (χ3v) is 2.54. The third-order valence-electron chi connectivity index (χ3n) is 2.54. The van der Waals surface area contributed by atoms with E-state index in [1.807, 2.05) is 44.2 Å². The molecule has 0 aliphatic heterocycles. The maximum Gasteiger partial charge on any atom is 0.169 e. The Hall–Kier alpha value is -0.940. The molecule has 4 nitrogen and oxygen atoms in total. The minimum absolute atomic E-state index is 0.247. The molecule has 18 heavy (non-hydrogen) atoms. The van der Waals surface area contributed by atoms with Crippen molar-refractivity contribution in [2.24, 2.45) is 0 Å². The van der Waals surface area contributed by atoms with Gasteiger partial charge in [-0.05, 0) is 19.4 Å². The molecule has 1 unspecified atom stereocenters. The maximum absolute atomic E-state index is 9.95. The van der Waals surface area contributed by atoms with Crippen LogP contribution in [0, 0.1) is 0 Å². The predicted octanol–water partition coefficient (Wildman–Crippen LogP) is 1.71. The highest BCUT2D eigenvalue weighted by atomic mass is 16.7. The van der Waals surface area contributed by atoms with Crippen LogP contribution in [0.25, 0.3) is 0 Å². The molecule has 0 amide bonds. The first-order valence-electron chi connectivity index (χ1n) is 6.44. The molecule has 0 aromatic heterocycles. The second-order valence-corrected chi connectivity index (χ2v) is 3.92. The van der Waals surface area contributed by atoms with E-state index >= 15 is 0 Å². The molecule has 0 aliphatic rings. The number of aliphatic hydroxyl groups is 1. The Kier molecular flexibility index (Phi) is 7.60. The number of hydrogen-bond donors (Lipinski definition) is 2. The Labute approximate surface area is 109 Å². The van der Waals surface area contributed by atoms with Crippen molar-refractivity contribution < 1.29 is 14.6 Å². The fraction of sp³-hybridized carbons (Fsp3) is 0.571. The summed E-state index contributed by atoms with van der Waals surface area (Å²) in [7, 11) is 0. The Balaban J connectivity index is 2.27. The average Bonchev–Trinajstić information content (AvgIpc) is 2.40. The quantitative estimate of drug-likeness (QED) is 0.658. The van der Waals surface area contributed by atoms with Crippen LogP contribution >= 0.6 is 0 Å². The normalized spacial score (nSPS) is 12.9. The van der Waals surface area contributed by atoms with Gasteiger partial charge in [0.2, 0.25) is 0 Å². The van der Waals surface area contributed by atoms with Gasteiger partial charge in [0.15, 0.2) is 6.29 Å². The molecule has 1 atom stereocenters. The molecule has 4 heteroatoms. The van der Waals surface area contributed by atoms with Gasteiger partial charge >= 0.3 is 0 Å². The van der Waals surface area contributed by atoms with E-state index in [0.29, 0.717) is 26.3 Å². The van der Waals surface area contributed by atoms with Crippen LogP contribution in [0.1, 0.15) is 25.5 Å². The molecule has 0 radical (unpaired) electrons. The second-order valence-electron chi connectivity index (χ2n) is 3.92. The average molecular weight is 253 g/mol. The van der Waals surface area contributed by atoms with Gasteiger partial charge < -0.3 is 19.9 Å². The summed E-state index contributed by atoms with van der Waals surface area (Å²) in [5.41, 5.74) is 0.911. The van der Waals surface area contributed by atoms with E-state index in [0.717, 1.165) is 5.56 Å². The highest BCUT2D eigenvalue weighted by Gasteiger charge is 2.10. The van der Waals surface area contributed by atoms with Crippen LogP contribution in [-0.2, 0) is 9.47 Å². The zero-order valence-electron chi connectivity index (χ0n) is 11.1. The van der Waals surface area contributed by atoms with Crippen LogP contribution in [-0.4, -0.2) is 37.7 Å². The largest absolute Gasteiger partial charge is 0.387 e. The van der Waals surface area contributed by atoms with Crippen molar-refractivity contribution in [1.29, 1.82) is 0 Å². The molecule has 102 valence electrons. The van der Waals surface area contributed by atoms with Crippen molar-refractivity contribution in [2.75, 3.05) is 26.3 Å². The highest BCUT2D eigenvalue weighted by Crippen LogP contribution is 2.10. The number of rotatable bonds is 9. The highest BCUT2D eigenvalue weighted by molar-refractivity contribution is 5.17. The fourth-order valence-electron chi connectivity index (χ4n) is 1.67. The summed E-state index contributed by atoms with van der Waals surface area (Å²) in [6, 6.07) is 9.59. The van der Waals surface area contributed by atoms with Crippen molar-refractivity contribution >= 4 is 0 Å². The topological polar surface area (TPSA) is 50.7 Å². The minimum atomic E-state index is -0.505. The first-order valence-corrected chi connectivity index (χ1v) is 6.44. The van der Waals surface area contributed by atoms with Gasteiger partial charge in [-0.1, -0.05) is 30.3 Å². The molecule has 0 fully saturated rings. The first kappa shape index (κ1) is 15.1. The van der Waals surface area contributed by atoms with Crippen molar-refractivity contribution in [2.45, 2.75) is 26.2 Å². The van der Waals surface area contributed by atoms with Crippen molar-refractivity contribution in [3.63, 3.8) is 0 Å². The summed E-state index contributed by atoms with van der Waals surface area (Å²) in [5.74, 6) is 0. The van der Waals surface area contributed by atoms with Crippen LogP contribution in [0.3, 0.4) is 0 Å². The van der Waals surface area contributed by atoms with Crippen molar-refractivity contribution in [3.05, 3.63) is 35.9 Å². The van der Waals surface area contributed by atoms with E-state index in [9.17, 15) is 5.11 Å². The van der Waals surface area contributed by atoms with Gasteiger partial charge in [-0.2, -0.15) is 0 Å². The number of aliphatic hydroxyl groups excluding tert-OH is 1. The van der Waals surface area contributed by atoms with Gasteiger partial charge in [-0.15, -0.1) is 0 Å². The molecule has 0 saturated carbocycles. The van der Waals surface area contributed by atoms with E-state index in [2.05, 4.69) is 5.32 Å². The molecular weight excluding hydrogens is 230 g/mol. The Morgan fingerprint density at radius 2 is 1.67 bits per heavy atom. The molecule has 0 spiro atoms. The van der Waals surface area contributed by atoms with Crippen LogP contribution in [0.15, 0.2) is 30.3 Å². The van der Waals surface area contributed by atoms with Gasteiger partial charge in [-0.25, -0.2) is 0 Å². The lowest BCUT2D eigenvalue weighted by molar-refractivity contribution is -0.133. The molecule has 1 aromatic rings. The monoisotopic (exact) mass is 253 g/mol. The van der Waals surface area contributed by atoms with Gasteiger partial charge in [0.1, 0.15) is 0 Å². The van der Waals surface area contributed by atoms with Gasteiger partial charge in [0, 0.05) is 26.3 Å². The molecule has 2 N–H and O–H groups in total. The first-order chi connectivity index (χ1) is 8.77. The minimum Gasteiger partial charge on any atom is -0.387 e. The van der Waals surface area contributed by atoms with E-state index in [1.54, 1.807) is 0 Å². The molecular formula is C14H23NO3. The van der Waals surface area contributed by atoms with E-state index in [-0.39, 0.29) is 6.29 Å². The molecule has 0 bridgehead atoms. The smallest absolute Gasteiger partial charge is 0.169 e. The summed E-state index contributed by atoms with van der Waals surface area (Å²) < 4.78 is 10.8. The number of benzene rings is 1. The molecule has 0 saturated heterocycles. The van der Waals surface area contributed by atoms with Gasteiger partial charge in [0.25, 0.3) is 0 Å². The third kappa shape index (κ3) is 5.60. The van der Waals surface area contributed by atoms with E-state index < -0.39 is 6.10 Å². The number of hydrogen-bond acceptors (Lipinski definition) is 4. The Morgan fingerprint density at radius 1 is 1.06 bits per heavy atom. The summed E-state index contributed by atoms with van der Waals surface area (Å²) in [6.45, 7) is 6.17. The zero-order chi connectivity index (χ0) is 13.2. The molecule has 0 aliphatic carbocycles. The van der Waals surface area contributed by atoms with Crippen LogP contribution in [0.2, 0.25) is 0 Å². The fourth-order valence-corrected chi connectivity index (χ4v) is 1.67. The molecule has 1 aromatic carbocycles. The van der Waals surface area contributed by atoms with Crippen LogP contribution < -0.4 is 5.32 Å². The summed E-state index contributed by atoms with van der Waals surface area (Å²) >= 11 is 0. The molecule has 1 rings (SSSR count). The number of ether oxygens (including phenoxy) is 2. The lowest BCUT2D eigenvalue weighted by Gasteiger charge is -2.19. The number of nitrogens with one attached hydrogen (secondary N) is 1. The summed E-state index contributed by atoms with van der Waals surface area (Å²) in [6.07, 6.45) is -0.752.